The second-order valence-corrected chi connectivity index (χ2v) is 10.3. The normalized spacial score (nSPS) is 10.5. The summed E-state index contributed by atoms with van der Waals surface area (Å²) < 4.78 is 0. The number of hydrogen-bond donors (Lipinski definition) is 1. The second-order valence-electron chi connectivity index (χ2n) is 7.70. The van der Waals surface area contributed by atoms with E-state index in [1.54, 1.807) is 0 Å². The molecular formula is C28H28Cl2OTi-2. The maximum atomic E-state index is 7.00. The van der Waals surface area contributed by atoms with Gasteiger partial charge in [-0.1, -0.05) is 77.2 Å². The van der Waals surface area contributed by atoms with E-state index < -0.39 is 17.0 Å². The molecule has 0 aliphatic heterocycles. The average molecular weight is 499 g/mol. The van der Waals surface area contributed by atoms with Crippen molar-refractivity contribution < 1.29 is 22.1 Å². The van der Waals surface area contributed by atoms with E-state index in [1.807, 2.05) is 0 Å². The maximum Gasteiger partial charge on any atom is -0.00777 e. The number of fused-ring (bicyclic) bond motifs is 4. The van der Waals surface area contributed by atoms with Crippen molar-refractivity contribution in [1.82, 2.24) is 0 Å². The fraction of sp³-hybridized carbons (Fsp3) is 0.179. The smallest absolute Gasteiger partial charge is 0.00777 e. The van der Waals surface area contributed by atoms with Crippen LogP contribution in [0.4, 0.5) is 0 Å². The van der Waals surface area contributed by atoms with Crippen LogP contribution in [0.1, 0.15) is 31.9 Å². The molecule has 0 heterocycles. The molecule has 0 saturated carbocycles. The van der Waals surface area contributed by atoms with Crippen molar-refractivity contribution in [2.24, 2.45) is 0 Å². The van der Waals surface area contributed by atoms with Crippen LogP contribution in [-0.2, 0) is 23.5 Å². The van der Waals surface area contributed by atoms with Gasteiger partial charge in [-0.05, 0) is 23.1 Å². The van der Waals surface area contributed by atoms with Crippen LogP contribution in [0.15, 0.2) is 78.9 Å². The van der Waals surface area contributed by atoms with Crippen LogP contribution in [-0.4, -0.2) is 12.2 Å². The summed E-state index contributed by atoms with van der Waals surface area (Å²) in [5.41, 5.74) is 8.11. The summed E-state index contributed by atoms with van der Waals surface area (Å²) in [6.45, 7) is 6.25. The van der Waals surface area contributed by atoms with Gasteiger partial charge in [-0.25, -0.2) is 0 Å². The first-order valence-electron chi connectivity index (χ1n) is 10.3. The summed E-state index contributed by atoms with van der Waals surface area (Å²) in [6.07, 6.45) is 1.02. The summed E-state index contributed by atoms with van der Waals surface area (Å²) >= 11 is -0.556. The van der Waals surface area contributed by atoms with E-state index in [1.165, 1.54) is 50.1 Å². The number of aliphatic hydroxyl groups is 1. The zero-order valence-corrected chi connectivity index (χ0v) is 22.0. The Labute approximate surface area is 209 Å². The van der Waals surface area contributed by atoms with Crippen LogP contribution < -0.4 is 0 Å². The Bertz CT molecular complexity index is 1120. The van der Waals surface area contributed by atoms with Crippen LogP contribution in [0.2, 0.25) is 0 Å². The number of halogens is 2. The quantitative estimate of drug-likeness (QED) is 0.181. The fourth-order valence-electron chi connectivity index (χ4n) is 3.68. The van der Waals surface area contributed by atoms with Gasteiger partial charge in [-0.15, -0.1) is 35.2 Å². The fourth-order valence-corrected chi connectivity index (χ4v) is 3.68. The van der Waals surface area contributed by atoms with E-state index in [-0.39, 0.29) is 0 Å². The third-order valence-corrected chi connectivity index (χ3v) is 4.80. The molecule has 4 heteroatoms. The third kappa shape index (κ3) is 6.94. The summed E-state index contributed by atoms with van der Waals surface area (Å²) in [6, 6.07) is 31.8. The van der Waals surface area contributed by atoms with Crippen LogP contribution >= 0.6 is 18.6 Å². The minimum atomic E-state index is -0.556. The van der Waals surface area contributed by atoms with E-state index in [4.69, 9.17) is 23.7 Å². The van der Waals surface area contributed by atoms with Gasteiger partial charge >= 0.3 is 35.6 Å². The standard InChI is InChI=1S/C23H15.C4H9.CH4O.2ClH.Ti/c1-2-7-17-14-19(13-12-16(17)6-1)21-10-5-11-22-20-9-4-3-8-18(20)15-23(21)22;1-4(2)3;1-2;;;/h1-13H,15H2;1-3H3;2H,1H3;2*1H;/q2*-1;;;;+2/p-2. The Balaban J connectivity index is 0.000000353. The van der Waals surface area contributed by atoms with Gasteiger partial charge in [0.25, 0.3) is 0 Å². The monoisotopic (exact) mass is 498 g/mol. The largest absolute Gasteiger partial charge is 0.125 e. The van der Waals surface area contributed by atoms with Crippen LogP contribution in [0.3, 0.4) is 0 Å². The van der Waals surface area contributed by atoms with Crippen molar-refractivity contribution in [2.75, 3.05) is 7.11 Å². The van der Waals surface area contributed by atoms with Crippen LogP contribution in [0, 0.1) is 12.0 Å². The van der Waals surface area contributed by atoms with E-state index >= 15 is 0 Å². The summed E-state index contributed by atoms with van der Waals surface area (Å²) in [5, 5.41) is 9.42. The Morgan fingerprint density at radius 1 is 0.750 bits per heavy atom. The molecule has 0 bridgehead atoms. The second kappa shape index (κ2) is 13.8. The van der Waals surface area contributed by atoms with Crippen LogP contribution in [0.5, 0.6) is 0 Å². The van der Waals surface area contributed by atoms with Gasteiger partial charge in [0, 0.05) is 7.11 Å². The van der Waals surface area contributed by atoms with E-state index in [0.717, 1.165) is 13.5 Å². The number of rotatable bonds is 1. The molecule has 4 aromatic carbocycles. The Kier molecular flexibility index (Phi) is 11.5. The molecule has 4 aromatic rings. The van der Waals surface area contributed by atoms with Crippen molar-refractivity contribution in [1.29, 1.82) is 0 Å². The molecular weight excluding hydrogens is 471 g/mol. The van der Waals surface area contributed by atoms with Gasteiger partial charge in [0.05, 0.1) is 0 Å². The maximum absolute atomic E-state index is 7.00. The summed E-state index contributed by atoms with van der Waals surface area (Å²) in [7, 11) is 10.8. The molecule has 0 spiro atoms. The van der Waals surface area contributed by atoms with Crippen LogP contribution in [0.25, 0.3) is 33.0 Å². The molecule has 0 atom stereocenters. The molecule has 0 fully saturated rings. The molecule has 0 saturated heterocycles. The van der Waals surface area contributed by atoms with Crippen molar-refractivity contribution >= 4 is 29.4 Å². The van der Waals surface area contributed by atoms with E-state index in [0.29, 0.717) is 0 Å². The molecule has 0 unspecified atom stereocenters. The predicted molar refractivity (Wildman–Crippen MR) is 137 cm³/mol. The molecule has 1 N–H and O–H groups in total. The SMILES string of the molecule is CO.C[C-](C)C.[Cl][Ti][Cl].[c-]1c(-c2cccc3c2Cc2ccccc2-3)ccc2ccccc12. The molecule has 0 radical (unpaired) electrons. The predicted octanol–water partition coefficient (Wildman–Crippen LogP) is 8.48. The molecule has 1 nitrogen and oxygen atoms in total. The molecule has 5 rings (SSSR count). The van der Waals surface area contributed by atoms with Crippen molar-refractivity contribution in [3.8, 4) is 22.3 Å². The minimum absolute atomic E-state index is 0.556. The van der Waals surface area contributed by atoms with Crippen molar-refractivity contribution in [3.63, 3.8) is 0 Å². The van der Waals surface area contributed by atoms with Gasteiger partial charge in [-0.2, -0.15) is 20.8 Å². The average Bonchev–Trinajstić information content (AvgIpc) is 3.19. The molecule has 166 valence electrons. The topological polar surface area (TPSA) is 20.2 Å². The zero-order valence-electron chi connectivity index (χ0n) is 18.9. The molecule has 0 amide bonds. The van der Waals surface area contributed by atoms with E-state index in [2.05, 4.69) is 106 Å². The van der Waals surface area contributed by atoms with Crippen molar-refractivity contribution in [2.45, 2.75) is 27.2 Å². The molecule has 0 aromatic heterocycles. The van der Waals surface area contributed by atoms with Gasteiger partial charge in [0.2, 0.25) is 0 Å². The van der Waals surface area contributed by atoms with Gasteiger partial charge in [0.15, 0.2) is 0 Å². The Hall–Kier alpha value is -1.61. The third-order valence-electron chi connectivity index (χ3n) is 4.80. The first-order chi connectivity index (χ1) is 15.5. The first-order valence-corrected chi connectivity index (χ1v) is 14.6. The first kappa shape index (κ1) is 26.6. The zero-order chi connectivity index (χ0) is 23.5. The Morgan fingerprint density at radius 2 is 1.31 bits per heavy atom. The molecule has 32 heavy (non-hydrogen) atoms. The minimum Gasteiger partial charge on any atom is -0.125 e. The van der Waals surface area contributed by atoms with Gasteiger partial charge in [0.1, 0.15) is 0 Å². The van der Waals surface area contributed by atoms with Gasteiger partial charge in [-0.3, -0.25) is 0 Å². The summed E-state index contributed by atoms with van der Waals surface area (Å²) in [4.78, 5) is 0. The van der Waals surface area contributed by atoms with Gasteiger partial charge < -0.3 is 11.0 Å². The number of hydrogen-bond acceptors (Lipinski definition) is 1. The number of aliphatic hydroxyl groups excluding tert-OH is 1. The number of benzene rings is 4. The molecule has 1 aliphatic carbocycles. The van der Waals surface area contributed by atoms with E-state index in [9.17, 15) is 0 Å². The molecule has 1 aliphatic rings. The summed E-state index contributed by atoms with van der Waals surface area (Å²) in [5.74, 6) is 1.42. The van der Waals surface area contributed by atoms with Crippen molar-refractivity contribution in [3.05, 3.63) is 102 Å². The Morgan fingerprint density at radius 3 is 2.03 bits per heavy atom.